The summed E-state index contributed by atoms with van der Waals surface area (Å²) < 4.78 is 6.32. The van der Waals surface area contributed by atoms with E-state index in [1.165, 1.54) is 5.56 Å². The number of rotatable bonds is 4. The van der Waals surface area contributed by atoms with Gasteiger partial charge in [0.25, 0.3) is 0 Å². The fourth-order valence-electron chi connectivity index (χ4n) is 3.16. The molecule has 0 saturated carbocycles. The third-order valence-corrected chi connectivity index (χ3v) is 4.67. The minimum absolute atomic E-state index is 0.0230. The topological polar surface area (TPSA) is 38.7 Å². The first-order valence-corrected chi connectivity index (χ1v) is 8.73. The number of carbonyl (C=O) groups is 1. The molecule has 0 aliphatic carbocycles. The molecule has 0 amide bonds. The van der Waals surface area contributed by atoms with Gasteiger partial charge in [0.15, 0.2) is 5.78 Å². The molecule has 4 heteroatoms. The lowest BCUT2D eigenvalue weighted by molar-refractivity contribution is 0.0997. The number of benzene rings is 2. The molecule has 0 radical (unpaired) electrons. The van der Waals surface area contributed by atoms with Crippen LogP contribution in [0.4, 0.5) is 0 Å². The van der Waals surface area contributed by atoms with Crippen LogP contribution in [-0.4, -0.2) is 24.1 Å². The summed E-state index contributed by atoms with van der Waals surface area (Å²) in [5, 5.41) is 0. The molecule has 1 heterocycles. The first-order chi connectivity index (χ1) is 11.4. The van der Waals surface area contributed by atoms with Crippen LogP contribution in [0.5, 0.6) is 5.75 Å². The van der Waals surface area contributed by atoms with Crippen molar-refractivity contribution < 1.29 is 9.53 Å². The van der Waals surface area contributed by atoms with E-state index in [1.54, 1.807) is 13.2 Å². The number of carbonyl (C=O) groups excluding carboxylic acids is 1. The molecule has 2 aromatic rings. The van der Waals surface area contributed by atoms with Crippen LogP contribution in [0.3, 0.4) is 0 Å². The Labute approximate surface area is 150 Å². The lowest BCUT2D eigenvalue weighted by Crippen LogP contribution is -2.30. The highest BCUT2D eigenvalue weighted by Crippen LogP contribution is 2.31. The molecular formula is C20H20BrNO2. The Morgan fingerprint density at radius 1 is 1.25 bits per heavy atom. The number of hydrogen-bond acceptors (Lipinski definition) is 3. The molecule has 2 aromatic carbocycles. The number of ketones is 1. The van der Waals surface area contributed by atoms with E-state index in [9.17, 15) is 4.79 Å². The molecule has 0 spiro atoms. The van der Waals surface area contributed by atoms with Crippen LogP contribution in [0.2, 0.25) is 0 Å². The Kier molecular flexibility index (Phi) is 4.59. The summed E-state index contributed by atoms with van der Waals surface area (Å²) in [5.74, 6) is 0.627. The maximum atomic E-state index is 12.8. The standard InChI is InChI=1S/C20H20BrNO2/c1-20(2)12-13-8-9-14(21)10-16(13)17(22-20)11-18(23)15-6-4-5-7-19(15)24-3/h4-10H,11-12H2,1-3H3. The predicted molar refractivity (Wildman–Crippen MR) is 100 cm³/mol. The van der Waals surface area contributed by atoms with Crippen LogP contribution < -0.4 is 4.74 Å². The number of ether oxygens (including phenoxy) is 1. The molecule has 0 fully saturated rings. The average molecular weight is 386 g/mol. The first-order valence-electron chi connectivity index (χ1n) is 7.93. The van der Waals surface area contributed by atoms with Crippen molar-refractivity contribution in [3.05, 3.63) is 63.6 Å². The molecule has 0 unspecified atom stereocenters. The number of halogens is 1. The van der Waals surface area contributed by atoms with Gasteiger partial charge in [-0.15, -0.1) is 0 Å². The first kappa shape index (κ1) is 16.9. The molecule has 124 valence electrons. The maximum absolute atomic E-state index is 12.8. The molecule has 0 atom stereocenters. The maximum Gasteiger partial charge on any atom is 0.172 e. The van der Waals surface area contributed by atoms with Gasteiger partial charge in [0.05, 0.1) is 30.3 Å². The highest BCUT2D eigenvalue weighted by atomic mass is 79.9. The van der Waals surface area contributed by atoms with Gasteiger partial charge in [-0.1, -0.05) is 34.1 Å². The summed E-state index contributed by atoms with van der Waals surface area (Å²) in [6.07, 6.45) is 1.15. The summed E-state index contributed by atoms with van der Waals surface area (Å²) >= 11 is 3.52. The number of nitrogens with zero attached hydrogens (tertiary/aromatic N) is 1. The van der Waals surface area contributed by atoms with Crippen molar-refractivity contribution in [1.82, 2.24) is 0 Å². The van der Waals surface area contributed by atoms with Crippen molar-refractivity contribution in [3.63, 3.8) is 0 Å². The van der Waals surface area contributed by atoms with Crippen LogP contribution in [0, 0.1) is 0 Å². The van der Waals surface area contributed by atoms with Crippen LogP contribution >= 0.6 is 15.9 Å². The van der Waals surface area contributed by atoms with E-state index < -0.39 is 0 Å². The number of para-hydroxylation sites is 1. The highest BCUT2D eigenvalue weighted by Gasteiger charge is 2.28. The van der Waals surface area contributed by atoms with Gasteiger partial charge in [0.1, 0.15) is 5.75 Å². The molecule has 3 nitrogen and oxygen atoms in total. The summed E-state index contributed by atoms with van der Waals surface area (Å²) in [6.45, 7) is 4.21. The third kappa shape index (κ3) is 3.44. The van der Waals surface area contributed by atoms with Crippen molar-refractivity contribution in [3.8, 4) is 5.75 Å². The Balaban J connectivity index is 1.98. The Morgan fingerprint density at radius 2 is 2.00 bits per heavy atom. The monoisotopic (exact) mass is 385 g/mol. The largest absolute Gasteiger partial charge is 0.496 e. The molecule has 1 aliphatic heterocycles. The van der Waals surface area contributed by atoms with Gasteiger partial charge in [0.2, 0.25) is 0 Å². The van der Waals surface area contributed by atoms with E-state index in [0.717, 1.165) is 22.2 Å². The average Bonchev–Trinajstić information content (AvgIpc) is 2.54. The summed E-state index contributed by atoms with van der Waals surface area (Å²) in [5.41, 5.74) is 3.55. The number of Topliss-reactive ketones (excluding diaryl/α,β-unsaturated/α-hetero) is 1. The van der Waals surface area contributed by atoms with E-state index in [1.807, 2.05) is 24.3 Å². The molecule has 0 N–H and O–H groups in total. The molecule has 24 heavy (non-hydrogen) atoms. The number of methoxy groups -OCH3 is 1. The predicted octanol–water partition coefficient (Wildman–Crippen LogP) is 4.85. The van der Waals surface area contributed by atoms with E-state index in [2.05, 4.69) is 41.9 Å². The van der Waals surface area contributed by atoms with Crippen molar-refractivity contribution in [2.24, 2.45) is 4.99 Å². The Hall–Kier alpha value is -1.94. The number of aliphatic imine (C=N–C) groups is 1. The minimum Gasteiger partial charge on any atom is -0.496 e. The molecule has 1 aliphatic rings. The van der Waals surface area contributed by atoms with Crippen LogP contribution in [0.15, 0.2) is 51.9 Å². The van der Waals surface area contributed by atoms with Gasteiger partial charge in [-0.2, -0.15) is 0 Å². The van der Waals surface area contributed by atoms with Gasteiger partial charge < -0.3 is 4.74 Å². The van der Waals surface area contributed by atoms with Crippen LogP contribution in [0.25, 0.3) is 0 Å². The molecule has 3 rings (SSSR count). The SMILES string of the molecule is COc1ccccc1C(=O)CC1=NC(C)(C)Cc2ccc(Br)cc21. The van der Waals surface area contributed by atoms with Gasteiger partial charge in [0, 0.05) is 10.0 Å². The van der Waals surface area contributed by atoms with E-state index in [-0.39, 0.29) is 17.7 Å². The second-order valence-corrected chi connectivity index (χ2v) is 7.57. The van der Waals surface area contributed by atoms with Crippen molar-refractivity contribution >= 4 is 27.4 Å². The zero-order valence-corrected chi connectivity index (χ0v) is 15.7. The normalized spacial score (nSPS) is 15.4. The summed E-state index contributed by atoms with van der Waals surface area (Å²) in [6, 6.07) is 13.5. The zero-order chi connectivity index (χ0) is 17.3. The fourth-order valence-corrected chi connectivity index (χ4v) is 3.52. The quantitative estimate of drug-likeness (QED) is 0.705. The third-order valence-electron chi connectivity index (χ3n) is 4.18. The zero-order valence-electron chi connectivity index (χ0n) is 14.1. The van der Waals surface area contributed by atoms with E-state index in [0.29, 0.717) is 11.3 Å². The summed E-state index contributed by atoms with van der Waals surface area (Å²) in [4.78, 5) is 17.7. The number of hydrogen-bond donors (Lipinski definition) is 0. The van der Waals surface area contributed by atoms with Gasteiger partial charge in [-0.3, -0.25) is 9.79 Å². The fraction of sp³-hybridized carbons (Fsp3) is 0.300. The second kappa shape index (κ2) is 6.52. The Bertz CT molecular complexity index is 824. The van der Waals surface area contributed by atoms with Crippen molar-refractivity contribution in [2.45, 2.75) is 32.2 Å². The number of fused-ring (bicyclic) bond motifs is 1. The lowest BCUT2D eigenvalue weighted by atomic mass is 9.85. The molecule has 0 bridgehead atoms. The van der Waals surface area contributed by atoms with Crippen molar-refractivity contribution in [2.75, 3.05) is 7.11 Å². The van der Waals surface area contributed by atoms with Gasteiger partial charge in [-0.05, 0) is 50.1 Å². The summed E-state index contributed by atoms with van der Waals surface area (Å²) in [7, 11) is 1.58. The minimum atomic E-state index is -0.197. The molecular weight excluding hydrogens is 366 g/mol. The molecule has 0 saturated heterocycles. The molecule has 0 aromatic heterocycles. The van der Waals surface area contributed by atoms with E-state index in [4.69, 9.17) is 9.73 Å². The Morgan fingerprint density at radius 3 is 2.75 bits per heavy atom. The van der Waals surface area contributed by atoms with Gasteiger partial charge >= 0.3 is 0 Å². The van der Waals surface area contributed by atoms with Crippen LogP contribution in [0.1, 0.15) is 41.8 Å². The van der Waals surface area contributed by atoms with Gasteiger partial charge in [-0.25, -0.2) is 0 Å². The van der Waals surface area contributed by atoms with E-state index >= 15 is 0 Å². The second-order valence-electron chi connectivity index (χ2n) is 6.65. The van der Waals surface area contributed by atoms with Crippen LogP contribution in [-0.2, 0) is 6.42 Å². The smallest absolute Gasteiger partial charge is 0.172 e. The highest BCUT2D eigenvalue weighted by molar-refractivity contribution is 9.10. The van der Waals surface area contributed by atoms with Crippen molar-refractivity contribution in [1.29, 1.82) is 0 Å². The lowest BCUT2D eigenvalue weighted by Gasteiger charge is -2.29.